The van der Waals surface area contributed by atoms with Crippen molar-refractivity contribution in [2.45, 2.75) is 29.8 Å². The summed E-state index contributed by atoms with van der Waals surface area (Å²) in [6.45, 7) is 0. The molecule has 1 saturated heterocycles. The van der Waals surface area contributed by atoms with Gasteiger partial charge >= 0.3 is 5.97 Å². The zero-order chi connectivity index (χ0) is 18.2. The van der Waals surface area contributed by atoms with E-state index in [-0.39, 0.29) is 28.3 Å². The second-order valence-corrected chi connectivity index (χ2v) is 9.00. The number of hydrogen-bond acceptors (Lipinski definition) is 6. The maximum Gasteiger partial charge on any atom is 0.337 e. The van der Waals surface area contributed by atoms with E-state index in [2.05, 4.69) is 4.74 Å². The van der Waals surface area contributed by atoms with Crippen molar-refractivity contribution in [2.24, 2.45) is 0 Å². The number of carbonyl (C=O) groups excluding carboxylic acids is 2. The number of ether oxygens (including phenoxy) is 1. The van der Waals surface area contributed by atoms with Crippen LogP contribution in [0.25, 0.3) is 0 Å². The van der Waals surface area contributed by atoms with Crippen molar-refractivity contribution in [1.29, 1.82) is 0 Å². The number of methoxy groups -OCH3 is 1. The third-order valence-electron chi connectivity index (χ3n) is 4.43. The van der Waals surface area contributed by atoms with Gasteiger partial charge in [-0.2, -0.15) is 4.31 Å². The molecule has 1 heterocycles. The first-order valence-corrected chi connectivity index (χ1v) is 10.5. The first-order valence-electron chi connectivity index (χ1n) is 7.91. The van der Waals surface area contributed by atoms with Crippen LogP contribution in [0.3, 0.4) is 0 Å². The molecule has 1 atom stereocenters. The van der Waals surface area contributed by atoms with Crippen LogP contribution < -0.4 is 0 Å². The van der Waals surface area contributed by atoms with E-state index in [0.29, 0.717) is 5.75 Å². The monoisotopic (exact) mass is 384 g/mol. The summed E-state index contributed by atoms with van der Waals surface area (Å²) < 4.78 is 31.9. The Kier molecular flexibility index (Phi) is 5.08. The topological polar surface area (TPSA) is 84.0 Å². The van der Waals surface area contributed by atoms with Crippen LogP contribution in [0.5, 0.6) is 0 Å². The Morgan fingerprint density at radius 3 is 2.68 bits per heavy atom. The standard InChI is InChI=1S/C16H20N2O5S2/c1-17(12-6-7-12)15(19)14-9-24-10-18(14)25(21,22)13-5-3-4-11(8-13)16(20)23-2/h3-5,8,12,14H,6-7,9-10H2,1-2H3/t14-/m0/s1. The molecule has 0 aromatic heterocycles. The minimum atomic E-state index is -3.88. The number of likely N-dealkylation sites (N-methyl/N-ethyl adjacent to an activating group) is 1. The maximum atomic E-state index is 13.0. The molecular formula is C16H20N2O5S2. The number of thioether (sulfide) groups is 1. The summed E-state index contributed by atoms with van der Waals surface area (Å²) in [6, 6.07) is 5.23. The lowest BCUT2D eigenvalue weighted by atomic mass is 10.2. The second-order valence-electron chi connectivity index (χ2n) is 6.11. The third kappa shape index (κ3) is 3.54. The Morgan fingerprint density at radius 2 is 2.04 bits per heavy atom. The van der Waals surface area contributed by atoms with Crippen molar-refractivity contribution >= 4 is 33.7 Å². The third-order valence-corrected chi connectivity index (χ3v) is 7.46. The molecule has 1 aromatic carbocycles. The van der Waals surface area contributed by atoms with Crippen LogP contribution in [0.15, 0.2) is 29.2 Å². The summed E-state index contributed by atoms with van der Waals surface area (Å²) in [5.74, 6) is -0.111. The van der Waals surface area contributed by atoms with Gasteiger partial charge in [0.2, 0.25) is 15.9 Å². The maximum absolute atomic E-state index is 13.0. The van der Waals surface area contributed by atoms with E-state index >= 15 is 0 Å². The number of esters is 1. The smallest absolute Gasteiger partial charge is 0.337 e. The lowest BCUT2D eigenvalue weighted by molar-refractivity contribution is -0.133. The Hall–Kier alpha value is -1.58. The number of sulfonamides is 1. The molecule has 2 fully saturated rings. The summed E-state index contributed by atoms with van der Waals surface area (Å²) in [4.78, 5) is 26.0. The molecule has 1 aromatic rings. The predicted molar refractivity (Wildman–Crippen MR) is 93.7 cm³/mol. The number of amides is 1. The van der Waals surface area contributed by atoms with Crippen LogP contribution in [0.4, 0.5) is 0 Å². The van der Waals surface area contributed by atoms with Gasteiger partial charge in [0.1, 0.15) is 6.04 Å². The van der Waals surface area contributed by atoms with E-state index in [1.54, 1.807) is 11.9 Å². The van der Waals surface area contributed by atoms with Gasteiger partial charge in [0.25, 0.3) is 0 Å². The van der Waals surface area contributed by atoms with Crippen LogP contribution in [-0.2, 0) is 19.6 Å². The van der Waals surface area contributed by atoms with E-state index in [1.807, 2.05) is 0 Å². The molecule has 2 aliphatic rings. The highest BCUT2D eigenvalue weighted by atomic mass is 32.2. The SMILES string of the molecule is COC(=O)c1cccc(S(=O)(=O)N2CSC[C@H]2C(=O)N(C)C2CC2)c1. The van der Waals surface area contributed by atoms with Gasteiger partial charge in [0, 0.05) is 18.8 Å². The van der Waals surface area contributed by atoms with Crippen molar-refractivity contribution in [2.75, 3.05) is 25.8 Å². The molecule has 3 rings (SSSR count). The predicted octanol–water partition coefficient (Wildman–Crippen LogP) is 1.16. The Labute approximate surface area is 151 Å². The number of carbonyl (C=O) groups is 2. The first-order chi connectivity index (χ1) is 11.9. The normalized spacial score (nSPS) is 21.1. The highest BCUT2D eigenvalue weighted by Crippen LogP contribution is 2.32. The molecule has 0 spiro atoms. The van der Waals surface area contributed by atoms with Crippen LogP contribution >= 0.6 is 11.8 Å². The van der Waals surface area contributed by atoms with Crippen molar-refractivity contribution in [1.82, 2.24) is 9.21 Å². The highest BCUT2D eigenvalue weighted by Gasteiger charge is 2.43. The molecular weight excluding hydrogens is 364 g/mol. The number of rotatable bonds is 5. The Bertz CT molecular complexity index is 791. The molecule has 1 aliphatic heterocycles. The fraction of sp³-hybridized carbons (Fsp3) is 0.500. The van der Waals surface area contributed by atoms with Gasteiger partial charge in [-0.3, -0.25) is 4.79 Å². The summed E-state index contributed by atoms with van der Waals surface area (Å²) in [5.41, 5.74) is 0.161. The summed E-state index contributed by atoms with van der Waals surface area (Å²) >= 11 is 1.41. The van der Waals surface area contributed by atoms with E-state index in [4.69, 9.17) is 0 Å². The van der Waals surface area contributed by atoms with Crippen LogP contribution in [0.1, 0.15) is 23.2 Å². The van der Waals surface area contributed by atoms with Crippen LogP contribution in [-0.4, -0.2) is 67.4 Å². The minimum Gasteiger partial charge on any atom is -0.465 e. The second kappa shape index (κ2) is 6.97. The molecule has 136 valence electrons. The van der Waals surface area contributed by atoms with E-state index in [1.165, 1.54) is 47.4 Å². The van der Waals surface area contributed by atoms with Gasteiger partial charge in [-0.15, -0.1) is 11.8 Å². The van der Waals surface area contributed by atoms with Crippen molar-refractivity contribution in [3.63, 3.8) is 0 Å². The summed E-state index contributed by atoms with van der Waals surface area (Å²) in [7, 11) is -0.912. The molecule has 1 saturated carbocycles. The van der Waals surface area contributed by atoms with Crippen LogP contribution in [0, 0.1) is 0 Å². The first kappa shape index (κ1) is 18.2. The van der Waals surface area contributed by atoms with E-state index < -0.39 is 22.0 Å². The van der Waals surface area contributed by atoms with Crippen molar-refractivity contribution in [3.05, 3.63) is 29.8 Å². The van der Waals surface area contributed by atoms with Gasteiger partial charge in [0.15, 0.2) is 0 Å². The molecule has 7 nitrogen and oxygen atoms in total. The summed E-state index contributed by atoms with van der Waals surface area (Å²) in [5, 5.41) is 0. The average molecular weight is 384 g/mol. The van der Waals surface area contributed by atoms with Crippen molar-refractivity contribution < 1.29 is 22.7 Å². The minimum absolute atomic E-state index is 0.00947. The molecule has 0 N–H and O–H groups in total. The molecule has 25 heavy (non-hydrogen) atoms. The molecule has 9 heteroatoms. The summed E-state index contributed by atoms with van der Waals surface area (Å²) in [6.07, 6.45) is 1.94. The molecule has 0 radical (unpaired) electrons. The average Bonchev–Trinajstić information content (AvgIpc) is 3.35. The molecule has 1 amide bonds. The number of nitrogens with zero attached hydrogens (tertiary/aromatic N) is 2. The van der Waals surface area contributed by atoms with E-state index in [0.717, 1.165) is 12.8 Å². The van der Waals surface area contributed by atoms with Gasteiger partial charge in [-0.1, -0.05) is 6.07 Å². The zero-order valence-corrected chi connectivity index (χ0v) is 15.7. The fourth-order valence-corrected chi connectivity index (χ4v) is 5.95. The van der Waals surface area contributed by atoms with Gasteiger partial charge in [-0.05, 0) is 31.0 Å². The van der Waals surface area contributed by atoms with Crippen molar-refractivity contribution in [3.8, 4) is 0 Å². The molecule has 0 unspecified atom stereocenters. The Morgan fingerprint density at radius 1 is 1.32 bits per heavy atom. The Balaban J connectivity index is 1.88. The fourth-order valence-electron chi connectivity index (χ4n) is 2.77. The van der Waals surface area contributed by atoms with Gasteiger partial charge in [-0.25, -0.2) is 13.2 Å². The largest absolute Gasteiger partial charge is 0.465 e. The number of hydrogen-bond donors (Lipinski definition) is 0. The van der Waals surface area contributed by atoms with E-state index in [9.17, 15) is 18.0 Å². The van der Waals surface area contributed by atoms with Gasteiger partial charge in [0.05, 0.1) is 23.4 Å². The molecule has 0 bridgehead atoms. The zero-order valence-electron chi connectivity index (χ0n) is 14.0. The lowest BCUT2D eigenvalue weighted by Gasteiger charge is -2.26. The number of benzene rings is 1. The molecule has 1 aliphatic carbocycles. The van der Waals surface area contributed by atoms with Crippen LogP contribution in [0.2, 0.25) is 0 Å². The quantitative estimate of drug-likeness (QED) is 0.709. The highest BCUT2D eigenvalue weighted by molar-refractivity contribution is 8.00. The lowest BCUT2D eigenvalue weighted by Crippen LogP contribution is -2.48. The van der Waals surface area contributed by atoms with Gasteiger partial charge < -0.3 is 9.64 Å².